The zero-order chi connectivity index (χ0) is 26.2. The van der Waals surface area contributed by atoms with Crippen LogP contribution in [-0.4, -0.2) is 61.6 Å². The zero-order valence-corrected chi connectivity index (χ0v) is 21.1. The number of hydrogen-bond donors (Lipinski definition) is 3. The number of likely N-dealkylation sites (tertiary alicyclic amines) is 1. The topological polar surface area (TPSA) is 108 Å². The predicted octanol–water partition coefficient (Wildman–Crippen LogP) is 3.75. The number of halogens is 1. The molecule has 9 nitrogen and oxygen atoms in total. The Hall–Kier alpha value is -3.89. The van der Waals surface area contributed by atoms with E-state index in [2.05, 4.69) is 37.5 Å². The van der Waals surface area contributed by atoms with Crippen LogP contribution < -0.4 is 10.6 Å². The lowest BCUT2D eigenvalue weighted by Gasteiger charge is -2.29. The van der Waals surface area contributed by atoms with Gasteiger partial charge in [-0.2, -0.15) is 4.98 Å². The fourth-order valence-electron chi connectivity index (χ4n) is 4.38. The van der Waals surface area contributed by atoms with E-state index in [1.54, 1.807) is 36.7 Å². The average Bonchev–Trinajstić information content (AvgIpc) is 3.28. The number of piperidine rings is 1. The van der Waals surface area contributed by atoms with Crippen LogP contribution in [0.2, 0.25) is 0 Å². The van der Waals surface area contributed by atoms with Gasteiger partial charge in [-0.3, -0.25) is 9.36 Å². The third-order valence-corrected chi connectivity index (χ3v) is 6.56. The largest absolute Gasteiger partial charge is 0.384 e. The summed E-state index contributed by atoms with van der Waals surface area (Å²) in [5, 5.41) is 17.1. The third-order valence-electron chi connectivity index (χ3n) is 6.56. The monoisotopic (exact) mass is 503 g/mol. The zero-order valence-electron chi connectivity index (χ0n) is 21.1. The molecule has 0 radical (unpaired) electrons. The Morgan fingerprint density at radius 2 is 1.92 bits per heavy atom. The lowest BCUT2D eigenvalue weighted by Crippen LogP contribution is -2.43. The Kier molecular flexibility index (Phi) is 6.61. The number of nitrogens with zero attached hydrogens (tertiary/aromatic N) is 5. The van der Waals surface area contributed by atoms with Gasteiger partial charge in [0.15, 0.2) is 5.65 Å². The van der Waals surface area contributed by atoms with E-state index in [1.165, 1.54) is 12.1 Å². The molecule has 192 valence electrons. The molecule has 1 saturated heterocycles. The van der Waals surface area contributed by atoms with Crippen molar-refractivity contribution in [1.82, 2.24) is 29.7 Å². The van der Waals surface area contributed by atoms with Crippen molar-refractivity contribution < 1.29 is 14.3 Å². The molecule has 5 rings (SSSR count). The van der Waals surface area contributed by atoms with Crippen LogP contribution in [0.4, 0.5) is 16.0 Å². The van der Waals surface area contributed by atoms with Gasteiger partial charge in [-0.1, -0.05) is 6.07 Å². The van der Waals surface area contributed by atoms with Crippen molar-refractivity contribution >= 4 is 28.6 Å². The highest BCUT2D eigenvalue weighted by atomic mass is 19.1. The number of aromatic nitrogens is 4. The quantitative estimate of drug-likeness (QED) is 0.368. The van der Waals surface area contributed by atoms with Gasteiger partial charge >= 0.3 is 0 Å². The first-order valence-electron chi connectivity index (χ1n) is 12.3. The Morgan fingerprint density at radius 1 is 1.14 bits per heavy atom. The molecule has 1 aliphatic rings. The van der Waals surface area contributed by atoms with Crippen molar-refractivity contribution in [2.24, 2.45) is 0 Å². The number of amides is 1. The summed E-state index contributed by atoms with van der Waals surface area (Å²) in [5.74, 6) is -0.151. The lowest BCUT2D eigenvalue weighted by molar-refractivity contribution is 0.0738. The average molecular weight is 504 g/mol. The van der Waals surface area contributed by atoms with Gasteiger partial charge in [-0.05, 0) is 83.2 Å². The molecule has 3 N–H and O–H groups in total. The van der Waals surface area contributed by atoms with Crippen LogP contribution in [0.3, 0.4) is 0 Å². The second-order valence-electron chi connectivity index (χ2n) is 9.97. The molecule has 4 heterocycles. The third kappa shape index (κ3) is 5.45. The highest BCUT2D eigenvalue weighted by Gasteiger charge is 2.21. The van der Waals surface area contributed by atoms with Gasteiger partial charge in [-0.25, -0.2) is 14.4 Å². The number of hydrogen-bond acceptors (Lipinski definition) is 7. The van der Waals surface area contributed by atoms with Crippen LogP contribution in [0.25, 0.3) is 16.9 Å². The van der Waals surface area contributed by atoms with E-state index in [9.17, 15) is 14.3 Å². The number of benzene rings is 1. The van der Waals surface area contributed by atoms with E-state index in [0.29, 0.717) is 22.8 Å². The van der Waals surface area contributed by atoms with E-state index in [0.717, 1.165) is 31.3 Å². The van der Waals surface area contributed by atoms with E-state index in [4.69, 9.17) is 0 Å². The molecule has 0 unspecified atom stereocenters. The highest BCUT2D eigenvalue weighted by Crippen LogP contribution is 2.24. The van der Waals surface area contributed by atoms with Crippen molar-refractivity contribution in [3.05, 3.63) is 71.9 Å². The van der Waals surface area contributed by atoms with Crippen molar-refractivity contribution in [1.29, 1.82) is 0 Å². The fraction of sp³-hybridized carbons (Fsp3) is 0.333. The number of aliphatic hydroxyl groups is 1. The summed E-state index contributed by atoms with van der Waals surface area (Å²) in [5.41, 5.74) is 0.489. The van der Waals surface area contributed by atoms with Crippen LogP contribution in [0.5, 0.6) is 0 Å². The fourth-order valence-corrected chi connectivity index (χ4v) is 4.38. The number of pyridine rings is 1. The van der Waals surface area contributed by atoms with Gasteiger partial charge in [0.25, 0.3) is 5.91 Å². The molecular weight excluding hydrogens is 473 g/mol. The van der Waals surface area contributed by atoms with Crippen molar-refractivity contribution in [2.45, 2.75) is 38.3 Å². The molecule has 0 saturated carbocycles. The van der Waals surface area contributed by atoms with Crippen molar-refractivity contribution in [2.75, 3.05) is 25.5 Å². The molecule has 37 heavy (non-hydrogen) atoms. The summed E-state index contributed by atoms with van der Waals surface area (Å²) in [7, 11) is 2.05. The van der Waals surface area contributed by atoms with Gasteiger partial charge in [-0.15, -0.1) is 0 Å². The maximum absolute atomic E-state index is 14.9. The van der Waals surface area contributed by atoms with Crippen LogP contribution in [-0.2, 0) is 5.60 Å². The van der Waals surface area contributed by atoms with E-state index in [1.807, 2.05) is 24.4 Å². The van der Waals surface area contributed by atoms with Gasteiger partial charge in [0.2, 0.25) is 5.95 Å². The normalized spacial score (nSPS) is 15.2. The molecule has 1 fully saturated rings. The molecule has 1 amide bonds. The van der Waals surface area contributed by atoms with E-state index >= 15 is 0 Å². The Bertz CT molecular complexity index is 1440. The first kappa shape index (κ1) is 24.8. The maximum atomic E-state index is 14.9. The van der Waals surface area contributed by atoms with Crippen molar-refractivity contribution in [3.8, 4) is 5.82 Å². The van der Waals surface area contributed by atoms with Crippen LogP contribution >= 0.6 is 0 Å². The first-order chi connectivity index (χ1) is 17.7. The molecule has 0 aliphatic carbocycles. The number of fused-ring (bicyclic) bond motifs is 1. The molecule has 4 aromatic rings. The van der Waals surface area contributed by atoms with E-state index < -0.39 is 17.3 Å². The SMILES string of the molecule is CN1CCC(NC(=O)c2ccc(Nc3ncc4ccn(-c5cccc(C(C)(C)O)n5)c4n3)cc2F)CC1. The summed E-state index contributed by atoms with van der Waals surface area (Å²) < 4.78 is 16.7. The van der Waals surface area contributed by atoms with Crippen LogP contribution in [0, 0.1) is 5.82 Å². The van der Waals surface area contributed by atoms with Gasteiger partial charge in [0.05, 0.1) is 11.3 Å². The Balaban J connectivity index is 1.34. The Morgan fingerprint density at radius 3 is 2.65 bits per heavy atom. The lowest BCUT2D eigenvalue weighted by atomic mass is 10.0. The number of carbonyl (C=O) groups is 1. The number of rotatable bonds is 6. The van der Waals surface area contributed by atoms with Crippen LogP contribution in [0.1, 0.15) is 42.7 Å². The van der Waals surface area contributed by atoms with E-state index in [-0.39, 0.29) is 17.6 Å². The second-order valence-corrected chi connectivity index (χ2v) is 9.97. The number of anilines is 2. The molecule has 0 bridgehead atoms. The highest BCUT2D eigenvalue weighted by molar-refractivity contribution is 5.95. The van der Waals surface area contributed by atoms with Gasteiger partial charge < -0.3 is 20.6 Å². The minimum atomic E-state index is -1.08. The van der Waals surface area contributed by atoms with Gasteiger partial charge in [0, 0.05) is 29.5 Å². The molecular formula is C27H30FN7O2. The molecule has 1 aromatic carbocycles. The minimum absolute atomic E-state index is 0.00693. The molecule has 3 aromatic heterocycles. The molecule has 1 aliphatic heterocycles. The summed E-state index contributed by atoms with van der Waals surface area (Å²) in [6.07, 6.45) is 5.20. The van der Waals surface area contributed by atoms with Crippen LogP contribution in [0.15, 0.2) is 54.9 Å². The summed E-state index contributed by atoms with van der Waals surface area (Å²) in [4.78, 5) is 28.4. The summed E-state index contributed by atoms with van der Waals surface area (Å²) in [6.45, 7) is 5.18. The smallest absolute Gasteiger partial charge is 0.254 e. The summed E-state index contributed by atoms with van der Waals surface area (Å²) in [6, 6.07) is 11.7. The molecule has 0 atom stereocenters. The van der Waals surface area contributed by atoms with Gasteiger partial charge in [0.1, 0.15) is 17.2 Å². The molecule has 0 spiro atoms. The summed E-state index contributed by atoms with van der Waals surface area (Å²) >= 11 is 0. The number of nitrogens with one attached hydrogen (secondary N) is 2. The second kappa shape index (κ2) is 9.87. The standard InChI is InChI=1S/C27H30FN7O2/c1-27(2,37)22-5-4-6-23(32-22)35-14-9-17-16-29-26(33-24(17)35)31-19-7-8-20(21(28)15-19)25(36)30-18-10-12-34(3)13-11-18/h4-9,14-16,18,37H,10-13H2,1-3H3,(H,30,36)(H,29,31,33). The van der Waals surface area contributed by atoms with Crippen molar-refractivity contribution in [3.63, 3.8) is 0 Å². The predicted molar refractivity (Wildman–Crippen MR) is 140 cm³/mol. The molecule has 10 heteroatoms. The first-order valence-corrected chi connectivity index (χ1v) is 12.3. The minimum Gasteiger partial charge on any atom is -0.384 e. The maximum Gasteiger partial charge on any atom is 0.254 e. The number of carbonyl (C=O) groups excluding carboxylic acids is 1. The Labute approximate surface area is 214 Å².